The molecule has 2 aromatic carbocycles. The van der Waals surface area contributed by atoms with E-state index in [1.807, 2.05) is 68.4 Å². The molecule has 162 valence electrons. The SMILES string of the molecule is Cc1ccc2c(c1)N(C(=O)CSc1nc3cc(C)[nH]c3c(=O)n1-c1ccccc1)CCO2. The van der Waals surface area contributed by atoms with Crippen LogP contribution < -0.4 is 15.2 Å². The first-order valence-electron chi connectivity index (χ1n) is 10.4. The van der Waals surface area contributed by atoms with E-state index in [0.717, 1.165) is 16.9 Å². The molecule has 0 saturated carbocycles. The summed E-state index contributed by atoms with van der Waals surface area (Å²) in [6.45, 7) is 4.82. The molecule has 8 heteroatoms. The van der Waals surface area contributed by atoms with Crippen LogP contribution in [0.2, 0.25) is 0 Å². The normalized spacial score (nSPS) is 13.1. The van der Waals surface area contributed by atoms with Crippen LogP contribution in [0.15, 0.2) is 64.5 Å². The lowest BCUT2D eigenvalue weighted by Gasteiger charge is -2.29. The van der Waals surface area contributed by atoms with Crippen LogP contribution in [0.1, 0.15) is 11.3 Å². The molecule has 3 heterocycles. The number of carbonyl (C=O) groups excluding carboxylic acids is 1. The summed E-state index contributed by atoms with van der Waals surface area (Å²) in [7, 11) is 0. The molecule has 0 spiro atoms. The molecule has 0 atom stereocenters. The highest BCUT2D eigenvalue weighted by molar-refractivity contribution is 7.99. The smallest absolute Gasteiger partial charge is 0.283 e. The number of ether oxygens (including phenoxy) is 1. The molecule has 1 amide bonds. The molecular formula is C24H22N4O3S. The van der Waals surface area contributed by atoms with E-state index in [-0.39, 0.29) is 17.2 Å². The summed E-state index contributed by atoms with van der Waals surface area (Å²) < 4.78 is 7.27. The Hall–Kier alpha value is -3.52. The molecule has 0 fully saturated rings. The third-order valence-electron chi connectivity index (χ3n) is 5.37. The molecule has 7 nitrogen and oxygen atoms in total. The van der Waals surface area contributed by atoms with E-state index in [1.165, 1.54) is 11.8 Å². The first-order chi connectivity index (χ1) is 15.5. The average Bonchev–Trinajstić information content (AvgIpc) is 3.18. The van der Waals surface area contributed by atoms with Crippen LogP contribution >= 0.6 is 11.8 Å². The average molecular weight is 447 g/mol. The van der Waals surface area contributed by atoms with Gasteiger partial charge in [0.2, 0.25) is 5.91 Å². The molecule has 0 unspecified atom stereocenters. The summed E-state index contributed by atoms with van der Waals surface area (Å²) in [5.74, 6) is 0.815. The number of aryl methyl sites for hydroxylation is 2. The van der Waals surface area contributed by atoms with Crippen molar-refractivity contribution in [2.75, 3.05) is 23.8 Å². The summed E-state index contributed by atoms with van der Waals surface area (Å²) in [5.41, 5.74) is 4.29. The van der Waals surface area contributed by atoms with Crippen molar-refractivity contribution in [3.05, 3.63) is 76.2 Å². The van der Waals surface area contributed by atoms with Gasteiger partial charge in [-0.2, -0.15) is 0 Å². The number of amides is 1. The van der Waals surface area contributed by atoms with E-state index in [9.17, 15) is 9.59 Å². The van der Waals surface area contributed by atoms with Crippen LogP contribution in [-0.2, 0) is 4.79 Å². The van der Waals surface area contributed by atoms with Gasteiger partial charge in [0.05, 0.1) is 29.2 Å². The monoisotopic (exact) mass is 446 g/mol. The van der Waals surface area contributed by atoms with Crippen molar-refractivity contribution >= 4 is 34.4 Å². The lowest BCUT2D eigenvalue weighted by molar-refractivity contribution is -0.116. The molecule has 0 aliphatic carbocycles. The van der Waals surface area contributed by atoms with Crippen molar-refractivity contribution < 1.29 is 9.53 Å². The fraction of sp³-hybridized carbons (Fsp3) is 0.208. The minimum absolute atomic E-state index is 0.0515. The van der Waals surface area contributed by atoms with Gasteiger partial charge in [0.15, 0.2) is 5.16 Å². The number of hydrogen-bond donors (Lipinski definition) is 1. The molecule has 1 aliphatic heterocycles. The standard InChI is InChI=1S/C24H22N4O3S/c1-15-8-9-20-19(12-15)27(10-11-31-20)21(29)14-32-24-26-18-13-16(2)25-22(18)23(30)28(24)17-6-4-3-5-7-17/h3-9,12-13,25H,10-11,14H2,1-2H3. The second kappa shape index (κ2) is 8.20. The predicted octanol–water partition coefficient (Wildman–Crippen LogP) is 3.85. The molecule has 0 radical (unpaired) electrons. The summed E-state index contributed by atoms with van der Waals surface area (Å²) in [6, 6.07) is 17.0. The number of nitrogens with zero attached hydrogens (tertiary/aromatic N) is 3. The van der Waals surface area contributed by atoms with Crippen molar-refractivity contribution in [2.45, 2.75) is 19.0 Å². The Labute approximate surface area is 189 Å². The number of fused-ring (bicyclic) bond motifs is 2. The van der Waals surface area contributed by atoms with Gasteiger partial charge in [-0.25, -0.2) is 4.98 Å². The number of aromatic amines is 1. The fourth-order valence-electron chi connectivity index (χ4n) is 3.87. The summed E-state index contributed by atoms with van der Waals surface area (Å²) in [5, 5.41) is 0.485. The van der Waals surface area contributed by atoms with Gasteiger partial charge in [-0.1, -0.05) is 36.0 Å². The van der Waals surface area contributed by atoms with E-state index in [2.05, 4.69) is 4.98 Å². The van der Waals surface area contributed by atoms with Crippen molar-refractivity contribution in [1.82, 2.24) is 14.5 Å². The highest BCUT2D eigenvalue weighted by Gasteiger charge is 2.25. The molecule has 2 aromatic heterocycles. The second-order valence-corrected chi connectivity index (χ2v) is 8.68. The summed E-state index contributed by atoms with van der Waals surface area (Å²) in [6.07, 6.45) is 0. The van der Waals surface area contributed by atoms with Crippen molar-refractivity contribution in [3.8, 4) is 11.4 Å². The first-order valence-corrected chi connectivity index (χ1v) is 11.3. The Balaban J connectivity index is 1.49. The number of hydrogen-bond acceptors (Lipinski definition) is 5. The van der Waals surface area contributed by atoms with Gasteiger partial charge >= 0.3 is 0 Å². The number of benzene rings is 2. The number of H-pyrrole nitrogens is 1. The number of rotatable bonds is 4. The summed E-state index contributed by atoms with van der Waals surface area (Å²) >= 11 is 1.27. The third-order valence-corrected chi connectivity index (χ3v) is 6.30. The Morgan fingerprint density at radius 1 is 1.16 bits per heavy atom. The lowest BCUT2D eigenvalue weighted by Crippen LogP contribution is -2.39. The van der Waals surface area contributed by atoms with Gasteiger partial charge in [-0.3, -0.25) is 14.2 Å². The number of thioether (sulfide) groups is 1. The predicted molar refractivity (Wildman–Crippen MR) is 126 cm³/mol. The minimum Gasteiger partial charge on any atom is -0.490 e. The number of para-hydroxylation sites is 1. The molecule has 1 aliphatic rings. The van der Waals surface area contributed by atoms with E-state index in [4.69, 9.17) is 9.72 Å². The van der Waals surface area contributed by atoms with Crippen LogP contribution in [0.25, 0.3) is 16.7 Å². The highest BCUT2D eigenvalue weighted by Crippen LogP contribution is 2.33. The maximum atomic E-state index is 13.3. The van der Waals surface area contributed by atoms with Crippen LogP contribution in [0.5, 0.6) is 5.75 Å². The van der Waals surface area contributed by atoms with Crippen molar-refractivity contribution in [3.63, 3.8) is 0 Å². The maximum Gasteiger partial charge on any atom is 0.283 e. The molecule has 32 heavy (non-hydrogen) atoms. The summed E-state index contributed by atoms with van der Waals surface area (Å²) in [4.78, 5) is 36.0. The van der Waals surface area contributed by atoms with Gasteiger partial charge in [0, 0.05) is 5.69 Å². The van der Waals surface area contributed by atoms with Crippen molar-refractivity contribution in [2.24, 2.45) is 0 Å². The number of aromatic nitrogens is 3. The van der Waals surface area contributed by atoms with Crippen molar-refractivity contribution in [1.29, 1.82) is 0 Å². The Morgan fingerprint density at radius 3 is 2.78 bits per heavy atom. The molecule has 5 rings (SSSR count). The van der Waals surface area contributed by atoms with E-state index in [0.29, 0.717) is 40.8 Å². The molecule has 4 aromatic rings. The van der Waals surface area contributed by atoms with Crippen LogP contribution in [0.3, 0.4) is 0 Å². The molecule has 1 N–H and O–H groups in total. The van der Waals surface area contributed by atoms with Crippen LogP contribution in [-0.4, -0.2) is 39.3 Å². The van der Waals surface area contributed by atoms with E-state index in [1.54, 1.807) is 9.47 Å². The Morgan fingerprint density at radius 2 is 1.97 bits per heavy atom. The lowest BCUT2D eigenvalue weighted by atomic mass is 10.1. The van der Waals surface area contributed by atoms with Gasteiger partial charge in [0.25, 0.3) is 5.56 Å². The maximum absolute atomic E-state index is 13.3. The zero-order chi connectivity index (χ0) is 22.2. The van der Waals surface area contributed by atoms with Crippen LogP contribution in [0, 0.1) is 13.8 Å². The van der Waals surface area contributed by atoms with Gasteiger partial charge in [0.1, 0.15) is 17.9 Å². The first kappa shape index (κ1) is 20.4. The Kier molecular flexibility index (Phi) is 5.22. The quantitative estimate of drug-likeness (QED) is 0.381. The topological polar surface area (TPSA) is 80.2 Å². The number of carbonyl (C=O) groups is 1. The largest absolute Gasteiger partial charge is 0.490 e. The van der Waals surface area contributed by atoms with Gasteiger partial charge in [-0.05, 0) is 49.7 Å². The number of nitrogens with one attached hydrogen (secondary N) is 1. The zero-order valence-corrected chi connectivity index (χ0v) is 18.6. The van der Waals surface area contributed by atoms with Crippen LogP contribution in [0.4, 0.5) is 5.69 Å². The fourth-order valence-corrected chi connectivity index (χ4v) is 4.76. The zero-order valence-electron chi connectivity index (χ0n) is 17.8. The van der Waals surface area contributed by atoms with E-state index < -0.39 is 0 Å². The minimum atomic E-state index is -0.184. The molecule has 0 saturated heterocycles. The third kappa shape index (κ3) is 3.67. The van der Waals surface area contributed by atoms with Gasteiger partial charge < -0.3 is 14.6 Å². The Bertz CT molecular complexity index is 1380. The highest BCUT2D eigenvalue weighted by atomic mass is 32.2. The molecule has 0 bridgehead atoms. The molecular weight excluding hydrogens is 424 g/mol. The number of anilines is 1. The second-order valence-electron chi connectivity index (χ2n) is 7.74. The van der Waals surface area contributed by atoms with Gasteiger partial charge in [-0.15, -0.1) is 0 Å². The van der Waals surface area contributed by atoms with E-state index >= 15 is 0 Å².